The maximum Gasteiger partial charge on any atom is 0.312 e. The Kier molecular flexibility index (Phi) is 5.66. The highest BCUT2D eigenvalue weighted by Crippen LogP contribution is 2.32. The lowest BCUT2D eigenvalue weighted by atomic mass is 9.97. The van der Waals surface area contributed by atoms with E-state index < -0.39 is 11.8 Å². The van der Waals surface area contributed by atoms with Crippen LogP contribution in [0.25, 0.3) is 0 Å². The number of amides is 2. The van der Waals surface area contributed by atoms with Crippen LogP contribution in [0.5, 0.6) is 0 Å². The predicted molar refractivity (Wildman–Crippen MR) is 97.7 cm³/mol. The number of piperidine rings is 1. The average molecular weight is 401 g/mol. The first-order valence-electron chi connectivity index (χ1n) is 7.96. The van der Waals surface area contributed by atoms with Gasteiger partial charge in [0, 0.05) is 37.5 Å². The molecule has 0 saturated carbocycles. The SMILES string of the molecule is Cn1cc(C2CCCCN2C(=O)C(=O)NCc2cc(Cl)sc2Cl)cn1. The van der Waals surface area contributed by atoms with E-state index in [9.17, 15) is 9.59 Å². The second kappa shape index (κ2) is 7.76. The number of nitrogens with zero attached hydrogens (tertiary/aromatic N) is 3. The molecule has 3 rings (SSSR count). The van der Waals surface area contributed by atoms with Crippen molar-refractivity contribution in [2.75, 3.05) is 6.54 Å². The van der Waals surface area contributed by atoms with E-state index >= 15 is 0 Å². The monoisotopic (exact) mass is 400 g/mol. The molecule has 9 heteroatoms. The molecule has 1 aliphatic heterocycles. The normalized spacial score (nSPS) is 17.6. The van der Waals surface area contributed by atoms with E-state index in [0.717, 1.165) is 24.8 Å². The van der Waals surface area contributed by atoms with Gasteiger partial charge >= 0.3 is 11.8 Å². The first-order chi connectivity index (χ1) is 12.0. The Morgan fingerprint density at radius 1 is 1.40 bits per heavy atom. The van der Waals surface area contributed by atoms with E-state index in [0.29, 0.717) is 20.8 Å². The van der Waals surface area contributed by atoms with Crippen LogP contribution in [-0.2, 0) is 23.2 Å². The van der Waals surface area contributed by atoms with Gasteiger partial charge in [0.15, 0.2) is 0 Å². The van der Waals surface area contributed by atoms with Crippen LogP contribution < -0.4 is 5.32 Å². The van der Waals surface area contributed by atoms with E-state index in [1.165, 1.54) is 11.3 Å². The number of rotatable bonds is 3. The lowest BCUT2D eigenvalue weighted by molar-refractivity contribution is -0.148. The number of halogens is 2. The number of hydrogen-bond acceptors (Lipinski definition) is 4. The molecule has 0 radical (unpaired) electrons. The van der Waals surface area contributed by atoms with E-state index in [4.69, 9.17) is 23.2 Å². The van der Waals surface area contributed by atoms with E-state index in [1.807, 2.05) is 13.2 Å². The van der Waals surface area contributed by atoms with Gasteiger partial charge in [0.05, 0.1) is 20.9 Å². The third-order valence-electron chi connectivity index (χ3n) is 4.23. The molecule has 6 nitrogen and oxygen atoms in total. The number of carbonyl (C=O) groups excluding carboxylic acids is 2. The second-order valence-electron chi connectivity index (χ2n) is 5.99. The standard InChI is InChI=1S/C16H18Cl2N4O2S/c1-21-9-11(8-20-21)12-4-2-3-5-22(12)16(24)15(23)19-7-10-6-13(17)25-14(10)18/h6,8-9,12H,2-5,7H2,1H3,(H,19,23). The smallest absolute Gasteiger partial charge is 0.312 e. The Morgan fingerprint density at radius 3 is 2.84 bits per heavy atom. The molecule has 2 aromatic heterocycles. The summed E-state index contributed by atoms with van der Waals surface area (Å²) in [5.41, 5.74) is 1.66. The fraction of sp³-hybridized carbons (Fsp3) is 0.438. The molecule has 3 heterocycles. The van der Waals surface area contributed by atoms with Crippen molar-refractivity contribution in [2.24, 2.45) is 7.05 Å². The summed E-state index contributed by atoms with van der Waals surface area (Å²) in [6, 6.07) is 1.58. The molecule has 1 atom stereocenters. The van der Waals surface area contributed by atoms with Crippen molar-refractivity contribution in [2.45, 2.75) is 31.8 Å². The summed E-state index contributed by atoms with van der Waals surface area (Å²) in [6.45, 7) is 0.745. The van der Waals surface area contributed by atoms with Crippen LogP contribution in [0.1, 0.15) is 36.4 Å². The van der Waals surface area contributed by atoms with Gasteiger partial charge in [-0.15, -0.1) is 11.3 Å². The third kappa shape index (κ3) is 4.16. The Bertz CT molecular complexity index is 789. The zero-order valence-electron chi connectivity index (χ0n) is 13.7. The summed E-state index contributed by atoms with van der Waals surface area (Å²) < 4.78 is 2.77. The molecule has 25 heavy (non-hydrogen) atoms. The van der Waals surface area contributed by atoms with Crippen LogP contribution in [0, 0.1) is 0 Å². The highest BCUT2D eigenvalue weighted by molar-refractivity contribution is 7.20. The Morgan fingerprint density at radius 2 is 2.20 bits per heavy atom. The average Bonchev–Trinajstić information content (AvgIpc) is 3.17. The first-order valence-corrected chi connectivity index (χ1v) is 9.54. The van der Waals surface area contributed by atoms with Crippen molar-refractivity contribution >= 4 is 46.4 Å². The molecule has 0 spiro atoms. The lowest BCUT2D eigenvalue weighted by Crippen LogP contribution is -2.46. The molecule has 0 aromatic carbocycles. The molecule has 1 unspecified atom stereocenters. The Hall–Kier alpha value is -1.57. The van der Waals surface area contributed by atoms with Crippen molar-refractivity contribution in [1.29, 1.82) is 0 Å². The van der Waals surface area contributed by atoms with Gasteiger partial charge in [-0.3, -0.25) is 14.3 Å². The molecule has 1 saturated heterocycles. The summed E-state index contributed by atoms with van der Waals surface area (Å²) in [5, 5.41) is 6.81. The fourth-order valence-corrected chi connectivity index (χ4v) is 4.50. The largest absolute Gasteiger partial charge is 0.344 e. The van der Waals surface area contributed by atoms with Crippen LogP contribution in [0.3, 0.4) is 0 Å². The van der Waals surface area contributed by atoms with Crippen LogP contribution in [0.15, 0.2) is 18.5 Å². The van der Waals surface area contributed by atoms with Gasteiger partial charge in [0.2, 0.25) is 0 Å². The number of thiophene rings is 1. The van der Waals surface area contributed by atoms with Gasteiger partial charge in [-0.25, -0.2) is 0 Å². The molecule has 0 bridgehead atoms. The van der Waals surface area contributed by atoms with Gasteiger partial charge in [0.1, 0.15) is 0 Å². The molecule has 1 aliphatic rings. The minimum absolute atomic E-state index is 0.111. The first kappa shape index (κ1) is 18.2. The maximum atomic E-state index is 12.6. The number of aromatic nitrogens is 2. The van der Waals surface area contributed by atoms with Gasteiger partial charge in [-0.2, -0.15) is 5.10 Å². The molecule has 134 valence electrons. The van der Waals surface area contributed by atoms with Gasteiger partial charge < -0.3 is 10.2 Å². The van der Waals surface area contributed by atoms with Crippen LogP contribution in [0.4, 0.5) is 0 Å². The molecular weight excluding hydrogens is 383 g/mol. The topological polar surface area (TPSA) is 67.2 Å². The Labute approximate surface area is 159 Å². The molecular formula is C16H18Cl2N4O2S. The molecule has 2 amide bonds. The van der Waals surface area contributed by atoms with Crippen molar-refractivity contribution in [3.05, 3.63) is 38.3 Å². The lowest BCUT2D eigenvalue weighted by Gasteiger charge is -2.34. The third-order valence-corrected chi connectivity index (χ3v) is 5.80. The Balaban J connectivity index is 1.67. The van der Waals surface area contributed by atoms with Gasteiger partial charge in [0.25, 0.3) is 0 Å². The van der Waals surface area contributed by atoms with Crippen molar-refractivity contribution in [1.82, 2.24) is 20.0 Å². The summed E-state index contributed by atoms with van der Waals surface area (Å²) in [6.07, 6.45) is 6.38. The number of hydrogen-bond donors (Lipinski definition) is 1. The van der Waals surface area contributed by atoms with Crippen molar-refractivity contribution < 1.29 is 9.59 Å². The number of likely N-dealkylation sites (tertiary alicyclic amines) is 1. The quantitative estimate of drug-likeness (QED) is 0.804. The fourth-order valence-electron chi connectivity index (χ4n) is 3.01. The van der Waals surface area contributed by atoms with E-state index in [2.05, 4.69) is 10.4 Å². The molecule has 0 aliphatic carbocycles. The van der Waals surface area contributed by atoms with Crippen molar-refractivity contribution in [3.8, 4) is 0 Å². The van der Waals surface area contributed by atoms with Gasteiger partial charge in [-0.1, -0.05) is 23.2 Å². The second-order valence-corrected chi connectivity index (χ2v) is 8.28. The van der Waals surface area contributed by atoms with Crippen molar-refractivity contribution in [3.63, 3.8) is 0 Å². The molecule has 1 N–H and O–H groups in total. The maximum absolute atomic E-state index is 12.6. The van der Waals surface area contributed by atoms with Crippen LogP contribution >= 0.6 is 34.5 Å². The highest BCUT2D eigenvalue weighted by Gasteiger charge is 2.32. The zero-order chi connectivity index (χ0) is 18.0. The summed E-state index contributed by atoms with van der Waals surface area (Å²) in [4.78, 5) is 26.6. The molecule has 1 fully saturated rings. The number of carbonyl (C=O) groups is 2. The summed E-state index contributed by atoms with van der Waals surface area (Å²) in [7, 11) is 1.83. The summed E-state index contributed by atoms with van der Waals surface area (Å²) in [5.74, 6) is -1.15. The number of nitrogens with one attached hydrogen (secondary N) is 1. The highest BCUT2D eigenvalue weighted by atomic mass is 35.5. The van der Waals surface area contributed by atoms with E-state index in [1.54, 1.807) is 21.8 Å². The van der Waals surface area contributed by atoms with E-state index in [-0.39, 0.29) is 12.6 Å². The van der Waals surface area contributed by atoms with Gasteiger partial charge in [-0.05, 0) is 25.3 Å². The zero-order valence-corrected chi connectivity index (χ0v) is 16.0. The predicted octanol–water partition coefficient (Wildman–Crippen LogP) is 3.16. The minimum atomic E-state index is -0.630. The summed E-state index contributed by atoms with van der Waals surface area (Å²) >= 11 is 13.2. The van der Waals surface area contributed by atoms with Crippen LogP contribution in [0.2, 0.25) is 8.67 Å². The molecule has 2 aromatic rings. The van der Waals surface area contributed by atoms with Crippen LogP contribution in [-0.4, -0.2) is 33.0 Å². The minimum Gasteiger partial charge on any atom is -0.344 e. The number of aryl methyl sites for hydroxylation is 1.